The maximum atomic E-state index is 12.2. The highest BCUT2D eigenvalue weighted by Gasteiger charge is 2.29. The van der Waals surface area contributed by atoms with Crippen LogP contribution in [0.25, 0.3) is 0 Å². The molecule has 1 aliphatic heterocycles. The zero-order valence-corrected chi connectivity index (χ0v) is 14.0. The lowest BCUT2D eigenvalue weighted by atomic mass is 10.2. The molecule has 0 bridgehead atoms. The number of amides is 3. The van der Waals surface area contributed by atoms with Gasteiger partial charge in [0.15, 0.2) is 11.5 Å². The minimum absolute atomic E-state index is 0.172. The molecule has 9 heteroatoms. The Hall–Kier alpha value is -3.85. The van der Waals surface area contributed by atoms with E-state index in [1.54, 1.807) is 60.7 Å². The third-order valence-corrected chi connectivity index (χ3v) is 3.45. The lowest BCUT2D eigenvalue weighted by molar-refractivity contribution is -0.124. The van der Waals surface area contributed by atoms with E-state index in [1.807, 2.05) is 0 Å². The Morgan fingerprint density at radius 3 is 2.37 bits per heavy atom. The third-order valence-electron chi connectivity index (χ3n) is 3.45. The summed E-state index contributed by atoms with van der Waals surface area (Å²) in [6.07, 6.45) is -1.42. The number of carbonyl (C=O) groups is 3. The van der Waals surface area contributed by atoms with Gasteiger partial charge in [-0.2, -0.15) is 10.1 Å². The lowest BCUT2D eigenvalue weighted by Crippen LogP contribution is -2.40. The standard InChI is InChI=1S/C18H15N5O4/c19-14(27-12-9-5-2-6-10-12)18(26)20-13-15(22-23-17(13)25)21-16(24)11-7-3-1-4-8-11/h1-10,14H,19H2,(H2,20,21,22,23,24,25,26). The average molecular weight is 365 g/mol. The largest absolute Gasteiger partial charge is 0.466 e. The highest BCUT2D eigenvalue weighted by Crippen LogP contribution is 2.10. The Kier molecular flexibility index (Phi) is 5.33. The van der Waals surface area contributed by atoms with Crippen LogP contribution in [-0.2, 0) is 9.59 Å². The van der Waals surface area contributed by atoms with Crippen molar-refractivity contribution in [3.63, 3.8) is 0 Å². The third kappa shape index (κ3) is 4.41. The van der Waals surface area contributed by atoms with Crippen molar-refractivity contribution < 1.29 is 19.1 Å². The molecule has 0 fully saturated rings. The minimum atomic E-state index is -1.42. The monoisotopic (exact) mass is 365 g/mol. The zero-order chi connectivity index (χ0) is 19.2. The number of para-hydroxylation sites is 1. The molecule has 136 valence electrons. The fourth-order valence-corrected chi connectivity index (χ4v) is 2.15. The van der Waals surface area contributed by atoms with Crippen LogP contribution in [0.5, 0.6) is 5.75 Å². The molecule has 2 aromatic rings. The number of nitrogens with zero attached hydrogens (tertiary/aromatic N) is 2. The van der Waals surface area contributed by atoms with Gasteiger partial charge in [0.1, 0.15) is 5.75 Å². The number of rotatable bonds is 4. The first kappa shape index (κ1) is 18.0. The van der Waals surface area contributed by atoms with Crippen molar-refractivity contribution in [3.05, 3.63) is 66.2 Å². The molecule has 2 aromatic carbocycles. The first-order valence-corrected chi connectivity index (χ1v) is 7.89. The van der Waals surface area contributed by atoms with E-state index in [9.17, 15) is 14.4 Å². The van der Waals surface area contributed by atoms with Crippen LogP contribution >= 0.6 is 0 Å². The van der Waals surface area contributed by atoms with Gasteiger partial charge >= 0.3 is 5.91 Å². The molecule has 1 aliphatic rings. The quantitative estimate of drug-likeness (QED) is 0.665. The number of aliphatic imine (C=N–C) groups is 1. The summed E-state index contributed by atoms with van der Waals surface area (Å²) >= 11 is 0. The van der Waals surface area contributed by atoms with Gasteiger partial charge in [-0.1, -0.05) is 36.4 Å². The molecular weight excluding hydrogens is 350 g/mol. The molecule has 3 amide bonds. The predicted octanol–water partition coefficient (Wildman–Crippen LogP) is 0.191. The Morgan fingerprint density at radius 1 is 1.07 bits per heavy atom. The van der Waals surface area contributed by atoms with E-state index in [4.69, 9.17) is 10.5 Å². The molecule has 0 aliphatic carbocycles. The van der Waals surface area contributed by atoms with Crippen LogP contribution in [0.4, 0.5) is 0 Å². The topological polar surface area (TPSA) is 135 Å². The number of nitrogens with one attached hydrogen (secondary N) is 2. The molecule has 27 heavy (non-hydrogen) atoms. The smallest absolute Gasteiger partial charge is 0.302 e. The minimum Gasteiger partial charge on any atom is -0.466 e. The number of hydrogen-bond donors (Lipinski definition) is 3. The maximum Gasteiger partial charge on any atom is 0.302 e. The molecule has 0 saturated carbocycles. The summed E-state index contributed by atoms with van der Waals surface area (Å²) in [7, 11) is 0. The molecule has 1 atom stereocenters. The molecule has 0 radical (unpaired) electrons. The predicted molar refractivity (Wildman–Crippen MR) is 97.0 cm³/mol. The van der Waals surface area contributed by atoms with E-state index in [0.717, 1.165) is 0 Å². The van der Waals surface area contributed by atoms with E-state index in [1.165, 1.54) is 0 Å². The second-order valence-electron chi connectivity index (χ2n) is 5.37. The summed E-state index contributed by atoms with van der Waals surface area (Å²) in [6, 6.07) is 16.8. The first-order valence-electron chi connectivity index (χ1n) is 7.89. The van der Waals surface area contributed by atoms with Crippen molar-refractivity contribution in [1.82, 2.24) is 10.7 Å². The fraction of sp³-hybridized carbons (Fsp3) is 0.0556. The molecule has 0 spiro atoms. The van der Waals surface area contributed by atoms with Crippen LogP contribution in [0.3, 0.4) is 0 Å². The van der Waals surface area contributed by atoms with Gasteiger partial charge in [0.05, 0.1) is 0 Å². The van der Waals surface area contributed by atoms with Gasteiger partial charge in [0.25, 0.3) is 11.8 Å². The molecule has 0 saturated heterocycles. The number of ether oxygens (including phenoxy) is 1. The second-order valence-corrected chi connectivity index (χ2v) is 5.37. The number of hydrazone groups is 1. The van der Waals surface area contributed by atoms with Crippen molar-refractivity contribution in [2.45, 2.75) is 6.23 Å². The summed E-state index contributed by atoms with van der Waals surface area (Å²) in [5.74, 6) is -1.93. The van der Waals surface area contributed by atoms with Gasteiger partial charge < -0.3 is 10.1 Å². The second kappa shape index (κ2) is 8.02. The Morgan fingerprint density at radius 2 is 1.70 bits per heavy atom. The molecule has 4 N–H and O–H groups in total. The van der Waals surface area contributed by atoms with Gasteiger partial charge in [-0.05, 0) is 24.3 Å². The van der Waals surface area contributed by atoms with Gasteiger partial charge in [0, 0.05) is 5.56 Å². The van der Waals surface area contributed by atoms with Crippen molar-refractivity contribution in [2.75, 3.05) is 0 Å². The number of carbonyl (C=O) groups excluding carboxylic acids is 3. The van der Waals surface area contributed by atoms with E-state index < -0.39 is 23.9 Å². The maximum absolute atomic E-state index is 12.2. The normalized spacial score (nSPS) is 15.7. The molecule has 9 nitrogen and oxygen atoms in total. The van der Waals surface area contributed by atoms with Crippen molar-refractivity contribution >= 4 is 29.3 Å². The summed E-state index contributed by atoms with van der Waals surface area (Å²) in [4.78, 5) is 39.9. The summed E-state index contributed by atoms with van der Waals surface area (Å²) in [5.41, 5.74) is 7.82. The van der Waals surface area contributed by atoms with E-state index in [2.05, 4.69) is 20.8 Å². The van der Waals surface area contributed by atoms with Crippen LogP contribution in [0.2, 0.25) is 0 Å². The van der Waals surface area contributed by atoms with Crippen LogP contribution in [0, 0.1) is 0 Å². The van der Waals surface area contributed by atoms with Crippen LogP contribution in [0.15, 0.2) is 70.8 Å². The average Bonchev–Trinajstić information content (AvgIpc) is 3.02. The summed E-state index contributed by atoms with van der Waals surface area (Å²) in [6.45, 7) is 0. The lowest BCUT2D eigenvalue weighted by Gasteiger charge is -2.11. The van der Waals surface area contributed by atoms with Gasteiger partial charge in [-0.3, -0.25) is 20.1 Å². The number of hydrogen-bond acceptors (Lipinski definition) is 6. The van der Waals surface area contributed by atoms with E-state index in [0.29, 0.717) is 11.3 Å². The van der Waals surface area contributed by atoms with Gasteiger partial charge in [-0.15, -0.1) is 0 Å². The number of benzene rings is 2. The van der Waals surface area contributed by atoms with Crippen molar-refractivity contribution in [3.8, 4) is 5.75 Å². The van der Waals surface area contributed by atoms with Gasteiger partial charge in [-0.25, -0.2) is 5.43 Å². The van der Waals surface area contributed by atoms with Crippen LogP contribution < -0.4 is 21.2 Å². The Labute approximate surface area is 153 Å². The van der Waals surface area contributed by atoms with Crippen LogP contribution in [-0.4, -0.2) is 35.5 Å². The number of nitrogens with two attached hydrogens (primary N) is 1. The first-order chi connectivity index (χ1) is 13.0. The fourth-order valence-electron chi connectivity index (χ4n) is 2.15. The van der Waals surface area contributed by atoms with Crippen molar-refractivity contribution in [2.24, 2.45) is 15.8 Å². The number of amidine groups is 1. The summed E-state index contributed by atoms with van der Waals surface area (Å²) in [5, 5.41) is 6.11. The Bertz CT molecular complexity index is 925. The van der Waals surface area contributed by atoms with Gasteiger partial charge in [0.2, 0.25) is 6.23 Å². The molecule has 0 aromatic heterocycles. The summed E-state index contributed by atoms with van der Waals surface area (Å²) < 4.78 is 5.27. The molecule has 1 unspecified atom stereocenters. The SMILES string of the molecule is NC(Oc1ccccc1)C(=O)N=C1C(=O)NN=C1NC(=O)c1ccccc1. The van der Waals surface area contributed by atoms with Crippen LogP contribution in [0.1, 0.15) is 10.4 Å². The molecular formula is C18H15N5O4. The molecule has 1 heterocycles. The highest BCUT2D eigenvalue weighted by atomic mass is 16.5. The Balaban J connectivity index is 1.71. The van der Waals surface area contributed by atoms with Crippen molar-refractivity contribution in [1.29, 1.82) is 0 Å². The van der Waals surface area contributed by atoms with E-state index >= 15 is 0 Å². The molecule has 3 rings (SSSR count). The highest BCUT2D eigenvalue weighted by molar-refractivity contribution is 6.70. The van der Waals surface area contributed by atoms with E-state index in [-0.39, 0.29) is 11.5 Å². The zero-order valence-electron chi connectivity index (χ0n) is 14.0.